The molecule has 1 N–H and O–H groups in total. The number of benzene rings is 2. The molecular weight excluding hydrogens is 318 g/mol. The molecule has 0 fully saturated rings. The van der Waals surface area contributed by atoms with Crippen LogP contribution in [0.15, 0.2) is 53.3 Å². The fraction of sp³-hybridized carbons (Fsp3) is 0.0667. The zero-order valence-electron chi connectivity index (χ0n) is 10.8. The van der Waals surface area contributed by atoms with Crippen molar-refractivity contribution in [2.45, 2.75) is 0 Å². The lowest BCUT2D eigenvalue weighted by molar-refractivity contribution is 0.462. The standard InChI is InChI=1S/C15H12BrN3O/c1-17-14-8-15(19-9-18-14)20-13-5-3-10-6-12(16)4-2-11(10)7-13/h2-9H,1H3,(H,17,18,19). The average molecular weight is 330 g/mol. The molecule has 5 heteroatoms. The van der Waals surface area contributed by atoms with Gasteiger partial charge in [-0.1, -0.05) is 28.1 Å². The van der Waals surface area contributed by atoms with E-state index in [2.05, 4.69) is 37.3 Å². The van der Waals surface area contributed by atoms with E-state index in [1.807, 2.05) is 30.3 Å². The van der Waals surface area contributed by atoms with E-state index in [0.717, 1.165) is 26.8 Å². The molecule has 3 aromatic rings. The summed E-state index contributed by atoms with van der Waals surface area (Å²) in [6, 6.07) is 13.8. The van der Waals surface area contributed by atoms with Gasteiger partial charge in [0.1, 0.15) is 17.9 Å². The van der Waals surface area contributed by atoms with Crippen LogP contribution in [0.25, 0.3) is 10.8 Å². The highest BCUT2D eigenvalue weighted by molar-refractivity contribution is 9.10. The molecule has 100 valence electrons. The van der Waals surface area contributed by atoms with E-state index in [-0.39, 0.29) is 0 Å². The number of anilines is 1. The largest absolute Gasteiger partial charge is 0.439 e. The first-order chi connectivity index (χ1) is 9.74. The van der Waals surface area contributed by atoms with Crippen LogP contribution in [-0.4, -0.2) is 17.0 Å². The summed E-state index contributed by atoms with van der Waals surface area (Å²) in [7, 11) is 1.81. The predicted molar refractivity (Wildman–Crippen MR) is 83.3 cm³/mol. The maximum atomic E-state index is 5.76. The minimum atomic E-state index is 0.515. The highest BCUT2D eigenvalue weighted by Crippen LogP contribution is 2.27. The Morgan fingerprint density at radius 1 is 1.00 bits per heavy atom. The smallest absolute Gasteiger partial charge is 0.224 e. The van der Waals surface area contributed by atoms with E-state index in [1.54, 1.807) is 13.1 Å². The topological polar surface area (TPSA) is 47.0 Å². The summed E-state index contributed by atoms with van der Waals surface area (Å²) in [6.45, 7) is 0. The molecule has 0 atom stereocenters. The third-order valence-corrected chi connectivity index (χ3v) is 3.39. The SMILES string of the molecule is CNc1cc(Oc2ccc3cc(Br)ccc3c2)ncn1. The molecule has 0 amide bonds. The van der Waals surface area contributed by atoms with Crippen LogP contribution in [0.4, 0.5) is 5.82 Å². The van der Waals surface area contributed by atoms with Crippen molar-refractivity contribution in [1.82, 2.24) is 9.97 Å². The zero-order valence-corrected chi connectivity index (χ0v) is 12.4. The second kappa shape index (κ2) is 5.46. The number of ether oxygens (including phenoxy) is 1. The quantitative estimate of drug-likeness (QED) is 0.781. The second-order valence-electron chi connectivity index (χ2n) is 4.25. The molecule has 0 aliphatic rings. The molecule has 0 saturated heterocycles. The van der Waals surface area contributed by atoms with Crippen LogP contribution in [-0.2, 0) is 0 Å². The summed E-state index contributed by atoms with van der Waals surface area (Å²) in [4.78, 5) is 8.15. The van der Waals surface area contributed by atoms with Gasteiger partial charge in [0.05, 0.1) is 0 Å². The lowest BCUT2D eigenvalue weighted by atomic mass is 10.1. The van der Waals surface area contributed by atoms with Crippen molar-refractivity contribution in [2.75, 3.05) is 12.4 Å². The van der Waals surface area contributed by atoms with E-state index in [1.165, 1.54) is 6.33 Å². The lowest BCUT2D eigenvalue weighted by Gasteiger charge is -2.07. The van der Waals surface area contributed by atoms with Crippen LogP contribution < -0.4 is 10.1 Å². The Labute approximate surface area is 125 Å². The van der Waals surface area contributed by atoms with Crippen LogP contribution in [0.5, 0.6) is 11.6 Å². The van der Waals surface area contributed by atoms with Gasteiger partial charge in [-0.3, -0.25) is 0 Å². The Morgan fingerprint density at radius 3 is 2.65 bits per heavy atom. The molecule has 0 spiro atoms. The Balaban J connectivity index is 1.92. The van der Waals surface area contributed by atoms with Crippen molar-refractivity contribution in [3.8, 4) is 11.6 Å². The number of hydrogen-bond donors (Lipinski definition) is 1. The maximum Gasteiger partial charge on any atom is 0.224 e. The number of aromatic nitrogens is 2. The minimum absolute atomic E-state index is 0.515. The first-order valence-electron chi connectivity index (χ1n) is 6.11. The van der Waals surface area contributed by atoms with Crippen molar-refractivity contribution >= 4 is 32.5 Å². The van der Waals surface area contributed by atoms with Gasteiger partial charge in [-0.25, -0.2) is 9.97 Å². The van der Waals surface area contributed by atoms with Crippen LogP contribution in [0.1, 0.15) is 0 Å². The van der Waals surface area contributed by atoms with Crippen LogP contribution in [0, 0.1) is 0 Å². The van der Waals surface area contributed by atoms with Gasteiger partial charge < -0.3 is 10.1 Å². The highest BCUT2D eigenvalue weighted by atomic mass is 79.9. The van der Waals surface area contributed by atoms with E-state index in [9.17, 15) is 0 Å². The number of nitrogens with one attached hydrogen (secondary N) is 1. The van der Waals surface area contributed by atoms with E-state index in [4.69, 9.17) is 4.74 Å². The first-order valence-corrected chi connectivity index (χ1v) is 6.91. The van der Waals surface area contributed by atoms with Gasteiger partial charge in [-0.15, -0.1) is 0 Å². The molecule has 0 radical (unpaired) electrons. The highest BCUT2D eigenvalue weighted by Gasteiger charge is 2.02. The van der Waals surface area contributed by atoms with Gasteiger partial charge in [-0.05, 0) is 35.0 Å². The first kappa shape index (κ1) is 12.9. The molecule has 0 saturated carbocycles. The number of hydrogen-bond acceptors (Lipinski definition) is 4. The fourth-order valence-corrected chi connectivity index (χ4v) is 2.29. The van der Waals surface area contributed by atoms with Gasteiger partial charge in [0.25, 0.3) is 0 Å². The third-order valence-electron chi connectivity index (χ3n) is 2.89. The van der Waals surface area contributed by atoms with Crippen molar-refractivity contribution in [1.29, 1.82) is 0 Å². The number of rotatable bonds is 3. The molecule has 0 bridgehead atoms. The Hall–Kier alpha value is -2.14. The predicted octanol–water partition coefficient (Wildman–Crippen LogP) is 4.23. The summed E-state index contributed by atoms with van der Waals surface area (Å²) in [5.74, 6) is 1.99. The van der Waals surface area contributed by atoms with E-state index in [0.29, 0.717) is 5.88 Å². The van der Waals surface area contributed by atoms with E-state index < -0.39 is 0 Å². The van der Waals surface area contributed by atoms with E-state index >= 15 is 0 Å². The number of nitrogens with zero attached hydrogens (tertiary/aromatic N) is 2. The molecule has 3 rings (SSSR count). The summed E-state index contributed by atoms with van der Waals surface area (Å²) in [5, 5.41) is 5.23. The van der Waals surface area contributed by atoms with Gasteiger partial charge in [0.2, 0.25) is 5.88 Å². The molecule has 20 heavy (non-hydrogen) atoms. The monoisotopic (exact) mass is 329 g/mol. The van der Waals surface area contributed by atoms with Gasteiger partial charge in [0, 0.05) is 17.6 Å². The number of halogens is 1. The number of fused-ring (bicyclic) bond motifs is 1. The summed E-state index contributed by atoms with van der Waals surface area (Å²) in [6.07, 6.45) is 1.47. The molecule has 1 heterocycles. The molecule has 0 aliphatic heterocycles. The fourth-order valence-electron chi connectivity index (χ4n) is 1.91. The second-order valence-corrected chi connectivity index (χ2v) is 5.16. The van der Waals surface area contributed by atoms with Crippen molar-refractivity contribution < 1.29 is 4.74 Å². The minimum Gasteiger partial charge on any atom is -0.439 e. The third kappa shape index (κ3) is 2.72. The molecule has 0 unspecified atom stereocenters. The molecule has 0 aliphatic carbocycles. The van der Waals surface area contributed by atoms with Crippen LogP contribution >= 0.6 is 15.9 Å². The molecular formula is C15H12BrN3O. The normalized spacial score (nSPS) is 10.5. The van der Waals surface area contributed by atoms with Crippen molar-refractivity contribution in [3.63, 3.8) is 0 Å². The maximum absolute atomic E-state index is 5.76. The van der Waals surface area contributed by atoms with Gasteiger partial charge >= 0.3 is 0 Å². The Kier molecular flexibility index (Phi) is 3.52. The summed E-state index contributed by atoms with van der Waals surface area (Å²) < 4.78 is 6.82. The van der Waals surface area contributed by atoms with Gasteiger partial charge in [0.15, 0.2) is 0 Å². The van der Waals surface area contributed by atoms with Gasteiger partial charge in [-0.2, -0.15) is 0 Å². The molecule has 2 aromatic carbocycles. The summed E-state index contributed by atoms with van der Waals surface area (Å²) >= 11 is 3.47. The Morgan fingerprint density at radius 2 is 1.80 bits per heavy atom. The zero-order chi connectivity index (χ0) is 13.9. The van der Waals surface area contributed by atoms with Crippen molar-refractivity contribution in [2.24, 2.45) is 0 Å². The lowest BCUT2D eigenvalue weighted by Crippen LogP contribution is -1.94. The molecule has 1 aromatic heterocycles. The van der Waals surface area contributed by atoms with Crippen LogP contribution in [0.2, 0.25) is 0 Å². The summed E-state index contributed by atoms with van der Waals surface area (Å²) in [5.41, 5.74) is 0. The van der Waals surface area contributed by atoms with Crippen LogP contribution in [0.3, 0.4) is 0 Å². The van der Waals surface area contributed by atoms with Crippen molar-refractivity contribution in [3.05, 3.63) is 53.3 Å². The average Bonchev–Trinajstić information content (AvgIpc) is 2.47. The molecule has 4 nitrogen and oxygen atoms in total. The Bertz CT molecular complexity index is 761.